The monoisotopic (exact) mass is 312 g/mol. The minimum atomic E-state index is -0.317. The lowest BCUT2D eigenvalue weighted by atomic mass is 10.1. The summed E-state index contributed by atoms with van der Waals surface area (Å²) in [6.45, 7) is 2.23. The number of benzene rings is 2. The Morgan fingerprint density at radius 1 is 1.17 bits per heavy atom. The zero-order valence-electron chi connectivity index (χ0n) is 12.8. The first kappa shape index (κ1) is 15.2. The second-order valence-corrected chi connectivity index (χ2v) is 5.62. The van der Waals surface area contributed by atoms with Crippen LogP contribution in [0.3, 0.4) is 0 Å². The molecule has 23 heavy (non-hydrogen) atoms. The standard InChI is InChI=1S/C18H17FN2O2/c1-12(22)21-9-8-14-11-16(6-7-17(14)21)20-18(23)10-13-2-4-15(19)5-3-13/h2-7,11H,8-10H2,1H3,(H,20,23). The molecule has 0 bridgehead atoms. The summed E-state index contributed by atoms with van der Waals surface area (Å²) >= 11 is 0. The van der Waals surface area contributed by atoms with E-state index in [0.29, 0.717) is 12.2 Å². The van der Waals surface area contributed by atoms with E-state index in [4.69, 9.17) is 0 Å². The Labute approximate surface area is 133 Å². The lowest BCUT2D eigenvalue weighted by Gasteiger charge is -2.15. The molecule has 2 aromatic rings. The van der Waals surface area contributed by atoms with Crippen molar-refractivity contribution in [3.8, 4) is 0 Å². The van der Waals surface area contributed by atoms with E-state index in [1.165, 1.54) is 12.1 Å². The molecule has 0 radical (unpaired) electrons. The van der Waals surface area contributed by atoms with Crippen molar-refractivity contribution >= 4 is 23.2 Å². The molecule has 0 saturated carbocycles. The van der Waals surface area contributed by atoms with Gasteiger partial charge in [-0.2, -0.15) is 0 Å². The van der Waals surface area contributed by atoms with Gasteiger partial charge in [0.1, 0.15) is 5.82 Å². The quantitative estimate of drug-likeness (QED) is 0.947. The van der Waals surface area contributed by atoms with Gasteiger partial charge in [0.05, 0.1) is 6.42 Å². The molecule has 0 atom stereocenters. The lowest BCUT2D eigenvalue weighted by molar-refractivity contribution is -0.117. The predicted molar refractivity (Wildman–Crippen MR) is 86.9 cm³/mol. The average Bonchev–Trinajstić information content (AvgIpc) is 2.93. The second kappa shape index (κ2) is 6.20. The van der Waals surface area contributed by atoms with Crippen LogP contribution in [-0.2, 0) is 22.4 Å². The summed E-state index contributed by atoms with van der Waals surface area (Å²) in [5.74, 6) is -0.447. The van der Waals surface area contributed by atoms with Crippen molar-refractivity contribution in [2.45, 2.75) is 19.8 Å². The first-order valence-corrected chi connectivity index (χ1v) is 7.48. The van der Waals surface area contributed by atoms with Crippen molar-refractivity contribution in [1.82, 2.24) is 0 Å². The van der Waals surface area contributed by atoms with Crippen molar-refractivity contribution in [1.29, 1.82) is 0 Å². The Bertz CT molecular complexity index is 756. The van der Waals surface area contributed by atoms with Crippen molar-refractivity contribution in [3.05, 3.63) is 59.4 Å². The van der Waals surface area contributed by atoms with Gasteiger partial charge in [-0.15, -0.1) is 0 Å². The van der Waals surface area contributed by atoms with Crippen LogP contribution in [0.2, 0.25) is 0 Å². The Kier molecular flexibility index (Phi) is 4.10. The number of hydrogen-bond acceptors (Lipinski definition) is 2. The molecule has 1 aliphatic heterocycles. The first-order chi connectivity index (χ1) is 11.0. The maximum atomic E-state index is 12.9. The molecule has 0 aromatic heterocycles. The van der Waals surface area contributed by atoms with Crippen LogP contribution in [0.15, 0.2) is 42.5 Å². The summed E-state index contributed by atoms with van der Waals surface area (Å²) < 4.78 is 12.9. The van der Waals surface area contributed by atoms with Crippen LogP contribution in [0, 0.1) is 5.82 Å². The Morgan fingerprint density at radius 3 is 2.61 bits per heavy atom. The molecule has 4 nitrogen and oxygen atoms in total. The van der Waals surface area contributed by atoms with Crippen molar-refractivity contribution < 1.29 is 14.0 Å². The van der Waals surface area contributed by atoms with Gasteiger partial charge in [-0.1, -0.05) is 12.1 Å². The topological polar surface area (TPSA) is 49.4 Å². The smallest absolute Gasteiger partial charge is 0.228 e. The Hall–Kier alpha value is -2.69. The number of nitrogens with one attached hydrogen (secondary N) is 1. The van der Waals surface area contributed by atoms with E-state index >= 15 is 0 Å². The second-order valence-electron chi connectivity index (χ2n) is 5.62. The van der Waals surface area contributed by atoms with Gasteiger partial charge in [0.2, 0.25) is 11.8 Å². The highest BCUT2D eigenvalue weighted by Crippen LogP contribution is 2.30. The number of nitrogens with zero attached hydrogens (tertiary/aromatic N) is 1. The number of fused-ring (bicyclic) bond motifs is 1. The highest BCUT2D eigenvalue weighted by Gasteiger charge is 2.22. The Morgan fingerprint density at radius 2 is 1.91 bits per heavy atom. The van der Waals surface area contributed by atoms with Gasteiger partial charge in [-0.05, 0) is 47.9 Å². The van der Waals surface area contributed by atoms with E-state index < -0.39 is 0 Å². The van der Waals surface area contributed by atoms with E-state index in [1.807, 2.05) is 12.1 Å². The molecule has 2 amide bonds. The van der Waals surface area contributed by atoms with E-state index in [-0.39, 0.29) is 24.1 Å². The lowest BCUT2D eigenvalue weighted by Crippen LogP contribution is -2.25. The van der Waals surface area contributed by atoms with E-state index in [9.17, 15) is 14.0 Å². The fourth-order valence-corrected chi connectivity index (χ4v) is 2.80. The molecule has 0 unspecified atom stereocenters. The Balaban J connectivity index is 1.68. The molecule has 0 saturated heterocycles. The molecule has 1 heterocycles. The van der Waals surface area contributed by atoms with Gasteiger partial charge >= 0.3 is 0 Å². The van der Waals surface area contributed by atoms with Crippen LogP contribution in [0.4, 0.5) is 15.8 Å². The normalized spacial score (nSPS) is 12.9. The van der Waals surface area contributed by atoms with E-state index in [2.05, 4.69) is 5.32 Å². The molecule has 0 aliphatic carbocycles. The number of hydrogen-bond donors (Lipinski definition) is 1. The summed E-state index contributed by atoms with van der Waals surface area (Å²) in [5, 5.41) is 2.84. The fourth-order valence-electron chi connectivity index (χ4n) is 2.80. The predicted octanol–water partition coefficient (Wildman–Crippen LogP) is 2.92. The molecular formula is C18H17FN2O2. The SMILES string of the molecule is CC(=O)N1CCc2cc(NC(=O)Cc3ccc(F)cc3)ccc21. The number of carbonyl (C=O) groups excluding carboxylic acids is 2. The molecule has 0 fully saturated rings. The van der Waals surface area contributed by atoms with Crippen LogP contribution in [0.1, 0.15) is 18.1 Å². The molecule has 1 N–H and O–H groups in total. The third-order valence-electron chi connectivity index (χ3n) is 3.92. The first-order valence-electron chi connectivity index (χ1n) is 7.48. The van der Waals surface area contributed by atoms with Crippen LogP contribution in [-0.4, -0.2) is 18.4 Å². The number of anilines is 2. The number of rotatable bonds is 3. The number of carbonyl (C=O) groups is 2. The molecule has 3 rings (SSSR count). The third-order valence-corrected chi connectivity index (χ3v) is 3.92. The van der Waals surface area contributed by atoms with Crippen LogP contribution >= 0.6 is 0 Å². The van der Waals surface area contributed by atoms with Crippen molar-refractivity contribution in [2.24, 2.45) is 0 Å². The number of halogens is 1. The molecule has 118 valence electrons. The van der Waals surface area contributed by atoms with Gasteiger partial charge in [-0.25, -0.2) is 4.39 Å². The number of amides is 2. The van der Waals surface area contributed by atoms with Crippen molar-refractivity contribution in [3.63, 3.8) is 0 Å². The molecule has 5 heteroatoms. The minimum absolute atomic E-state index is 0.0249. The van der Waals surface area contributed by atoms with Crippen LogP contribution in [0.5, 0.6) is 0 Å². The average molecular weight is 312 g/mol. The van der Waals surface area contributed by atoms with Gasteiger partial charge in [0.25, 0.3) is 0 Å². The maximum absolute atomic E-state index is 12.9. The summed E-state index contributed by atoms with van der Waals surface area (Å²) in [5.41, 5.74) is 3.43. The largest absolute Gasteiger partial charge is 0.326 e. The molecule has 2 aromatic carbocycles. The summed E-state index contributed by atoms with van der Waals surface area (Å²) in [4.78, 5) is 25.3. The third kappa shape index (κ3) is 3.39. The van der Waals surface area contributed by atoms with E-state index in [1.54, 1.807) is 30.0 Å². The highest BCUT2D eigenvalue weighted by molar-refractivity contribution is 5.96. The minimum Gasteiger partial charge on any atom is -0.326 e. The van der Waals surface area contributed by atoms with Gasteiger partial charge in [0, 0.05) is 24.8 Å². The molecule has 0 spiro atoms. The van der Waals surface area contributed by atoms with Gasteiger partial charge < -0.3 is 10.2 Å². The van der Waals surface area contributed by atoms with Crippen LogP contribution < -0.4 is 10.2 Å². The zero-order chi connectivity index (χ0) is 16.4. The molecule has 1 aliphatic rings. The van der Waals surface area contributed by atoms with E-state index in [0.717, 1.165) is 23.2 Å². The molecular weight excluding hydrogens is 295 g/mol. The summed E-state index contributed by atoms with van der Waals surface area (Å²) in [6.07, 6.45) is 0.980. The summed E-state index contributed by atoms with van der Waals surface area (Å²) in [7, 11) is 0. The zero-order valence-corrected chi connectivity index (χ0v) is 12.8. The fraction of sp³-hybridized carbons (Fsp3) is 0.222. The summed E-state index contributed by atoms with van der Waals surface area (Å²) in [6, 6.07) is 11.4. The maximum Gasteiger partial charge on any atom is 0.228 e. The van der Waals surface area contributed by atoms with Gasteiger partial charge in [0.15, 0.2) is 0 Å². The van der Waals surface area contributed by atoms with Crippen molar-refractivity contribution in [2.75, 3.05) is 16.8 Å². The van der Waals surface area contributed by atoms with Gasteiger partial charge in [-0.3, -0.25) is 9.59 Å². The highest BCUT2D eigenvalue weighted by atomic mass is 19.1. The van der Waals surface area contributed by atoms with Crippen LogP contribution in [0.25, 0.3) is 0 Å².